The van der Waals surface area contributed by atoms with Crippen LogP contribution in [0.15, 0.2) is 0 Å². The number of aliphatic hydroxyl groups excluding tert-OH is 1. The lowest BCUT2D eigenvalue weighted by atomic mass is 10.3. The Bertz CT molecular complexity index is 257. The van der Waals surface area contributed by atoms with E-state index in [4.69, 9.17) is 21.1 Å². The standard InChI is InChI=1S/C11H24ClO5P/c1-4-7-11(16-5-2,17-6-3)18(14,15)9-10(13)8-12/h10,13H,4-9H2,1-3H3,(H,14,15)/t10-/m0/s1. The predicted octanol–water partition coefficient (Wildman–Crippen LogP) is 2.38. The molecule has 0 fully saturated rings. The fourth-order valence-corrected chi connectivity index (χ4v) is 4.28. The van der Waals surface area contributed by atoms with Crippen molar-refractivity contribution in [2.24, 2.45) is 0 Å². The van der Waals surface area contributed by atoms with Gasteiger partial charge in [-0.1, -0.05) is 13.3 Å². The number of aliphatic hydroxyl groups is 1. The smallest absolute Gasteiger partial charge is 0.260 e. The molecule has 7 heteroatoms. The van der Waals surface area contributed by atoms with E-state index in [9.17, 15) is 14.6 Å². The Morgan fingerprint density at radius 1 is 1.28 bits per heavy atom. The maximum atomic E-state index is 12.5. The molecule has 0 saturated carbocycles. The molecule has 18 heavy (non-hydrogen) atoms. The van der Waals surface area contributed by atoms with Crippen molar-refractivity contribution in [1.29, 1.82) is 0 Å². The number of rotatable bonds is 10. The molecule has 110 valence electrons. The minimum absolute atomic E-state index is 0.0923. The molecule has 0 bridgehead atoms. The molecule has 0 aliphatic rings. The summed E-state index contributed by atoms with van der Waals surface area (Å²) in [6.07, 6.45) is -0.421. The van der Waals surface area contributed by atoms with Gasteiger partial charge in [0.1, 0.15) is 0 Å². The number of ether oxygens (including phenoxy) is 2. The first-order valence-corrected chi connectivity index (χ1v) is 8.60. The summed E-state index contributed by atoms with van der Waals surface area (Å²) in [5.74, 6) is -0.0923. The zero-order valence-corrected chi connectivity index (χ0v) is 12.9. The van der Waals surface area contributed by atoms with Gasteiger partial charge in [0, 0.05) is 25.5 Å². The molecule has 0 aromatic rings. The van der Waals surface area contributed by atoms with Gasteiger partial charge in [-0.25, -0.2) is 0 Å². The molecule has 0 aliphatic heterocycles. The summed E-state index contributed by atoms with van der Waals surface area (Å²) in [6.45, 7) is 5.89. The van der Waals surface area contributed by atoms with Gasteiger partial charge in [0.25, 0.3) is 7.37 Å². The molecule has 0 aromatic carbocycles. The van der Waals surface area contributed by atoms with Crippen molar-refractivity contribution in [3.63, 3.8) is 0 Å². The van der Waals surface area contributed by atoms with E-state index in [1.165, 1.54) is 0 Å². The largest absolute Gasteiger partial charge is 0.391 e. The van der Waals surface area contributed by atoms with Gasteiger partial charge >= 0.3 is 0 Å². The van der Waals surface area contributed by atoms with Gasteiger partial charge in [-0.15, -0.1) is 11.6 Å². The average molecular weight is 303 g/mol. The van der Waals surface area contributed by atoms with Crippen LogP contribution in [0.2, 0.25) is 0 Å². The van der Waals surface area contributed by atoms with E-state index in [1.54, 1.807) is 13.8 Å². The Morgan fingerprint density at radius 3 is 2.11 bits per heavy atom. The highest BCUT2D eigenvalue weighted by molar-refractivity contribution is 7.59. The minimum Gasteiger partial charge on any atom is -0.391 e. The van der Waals surface area contributed by atoms with Crippen LogP contribution in [0, 0.1) is 0 Å². The van der Waals surface area contributed by atoms with E-state index in [0.29, 0.717) is 12.8 Å². The lowest BCUT2D eigenvalue weighted by Crippen LogP contribution is -2.38. The topological polar surface area (TPSA) is 76.0 Å². The third kappa shape index (κ3) is 4.80. The molecular weight excluding hydrogens is 279 g/mol. The molecule has 0 amide bonds. The molecule has 2 atom stereocenters. The second-order valence-corrected chi connectivity index (χ2v) is 6.78. The molecule has 0 aliphatic carbocycles. The first-order chi connectivity index (χ1) is 8.39. The van der Waals surface area contributed by atoms with Crippen molar-refractivity contribution in [3.8, 4) is 0 Å². The van der Waals surface area contributed by atoms with Gasteiger partial charge in [0.2, 0.25) is 5.53 Å². The van der Waals surface area contributed by atoms with Crippen LogP contribution in [-0.2, 0) is 14.0 Å². The van der Waals surface area contributed by atoms with Crippen LogP contribution in [0.25, 0.3) is 0 Å². The Morgan fingerprint density at radius 2 is 1.78 bits per heavy atom. The van der Waals surface area contributed by atoms with Crippen molar-refractivity contribution in [2.45, 2.75) is 45.2 Å². The van der Waals surface area contributed by atoms with Crippen molar-refractivity contribution >= 4 is 19.0 Å². The van der Waals surface area contributed by atoms with Gasteiger partial charge in [0.05, 0.1) is 12.3 Å². The van der Waals surface area contributed by atoms with E-state index in [2.05, 4.69) is 0 Å². The summed E-state index contributed by atoms with van der Waals surface area (Å²) in [6, 6.07) is 0. The van der Waals surface area contributed by atoms with E-state index < -0.39 is 19.0 Å². The second kappa shape index (κ2) is 8.51. The number of hydrogen-bond acceptors (Lipinski definition) is 4. The molecule has 0 heterocycles. The van der Waals surface area contributed by atoms with Crippen LogP contribution in [0.5, 0.6) is 0 Å². The highest BCUT2D eigenvalue weighted by Crippen LogP contribution is 2.58. The Hall–Kier alpha value is 0.360. The molecular formula is C11H24ClO5P. The zero-order valence-electron chi connectivity index (χ0n) is 11.3. The Labute approximate surface area is 114 Å². The van der Waals surface area contributed by atoms with Crippen LogP contribution >= 0.6 is 19.0 Å². The summed E-state index contributed by atoms with van der Waals surface area (Å²) in [5, 5.41) is 9.49. The van der Waals surface area contributed by atoms with Gasteiger partial charge in [-0.05, 0) is 13.8 Å². The summed E-state index contributed by atoms with van der Waals surface area (Å²) in [4.78, 5) is 10.2. The first-order valence-electron chi connectivity index (χ1n) is 6.22. The molecule has 0 spiro atoms. The van der Waals surface area contributed by atoms with Gasteiger partial charge in [-0.3, -0.25) is 4.57 Å². The fourth-order valence-electron chi connectivity index (χ4n) is 1.80. The van der Waals surface area contributed by atoms with E-state index in [0.717, 1.165) is 0 Å². The molecule has 0 radical (unpaired) electrons. The van der Waals surface area contributed by atoms with Gasteiger partial charge < -0.3 is 19.5 Å². The predicted molar refractivity (Wildman–Crippen MR) is 72.3 cm³/mol. The number of alkyl halides is 1. The highest BCUT2D eigenvalue weighted by Gasteiger charge is 2.49. The SMILES string of the molecule is CCCC(OCC)(OCC)P(=O)(O)C[C@@H](O)CCl. The highest BCUT2D eigenvalue weighted by atomic mass is 35.5. The summed E-state index contributed by atoms with van der Waals surface area (Å²) in [5.41, 5.74) is -1.53. The molecule has 5 nitrogen and oxygen atoms in total. The van der Waals surface area contributed by atoms with E-state index in [1.807, 2.05) is 6.92 Å². The summed E-state index contributed by atoms with van der Waals surface area (Å²) < 4.78 is 23.3. The zero-order chi connectivity index (χ0) is 14.2. The average Bonchev–Trinajstić information content (AvgIpc) is 2.29. The fraction of sp³-hybridized carbons (Fsp3) is 1.00. The maximum Gasteiger partial charge on any atom is 0.260 e. The van der Waals surface area contributed by atoms with Crippen molar-refractivity contribution in [3.05, 3.63) is 0 Å². The van der Waals surface area contributed by atoms with Crippen LogP contribution < -0.4 is 0 Å². The lowest BCUT2D eigenvalue weighted by molar-refractivity contribution is -0.183. The Balaban J connectivity index is 5.16. The van der Waals surface area contributed by atoms with Crippen LogP contribution in [0.3, 0.4) is 0 Å². The quantitative estimate of drug-likeness (QED) is 0.368. The van der Waals surface area contributed by atoms with Gasteiger partial charge in [0.15, 0.2) is 0 Å². The van der Waals surface area contributed by atoms with E-state index >= 15 is 0 Å². The van der Waals surface area contributed by atoms with Crippen molar-refractivity contribution in [2.75, 3.05) is 25.3 Å². The maximum absolute atomic E-state index is 12.5. The first kappa shape index (κ1) is 18.4. The minimum atomic E-state index is -3.83. The van der Waals surface area contributed by atoms with Crippen molar-refractivity contribution < 1.29 is 24.0 Å². The second-order valence-electron chi connectivity index (χ2n) is 4.02. The normalized spacial score (nSPS) is 17.4. The van der Waals surface area contributed by atoms with Crippen LogP contribution in [0.4, 0.5) is 0 Å². The number of hydrogen-bond donors (Lipinski definition) is 2. The molecule has 2 N–H and O–H groups in total. The van der Waals surface area contributed by atoms with Gasteiger partial charge in [-0.2, -0.15) is 0 Å². The third-order valence-electron chi connectivity index (χ3n) is 2.47. The van der Waals surface area contributed by atoms with Crippen LogP contribution in [0.1, 0.15) is 33.6 Å². The Kier molecular flexibility index (Phi) is 8.69. The summed E-state index contributed by atoms with van der Waals surface area (Å²) in [7, 11) is -3.83. The monoisotopic (exact) mass is 302 g/mol. The third-order valence-corrected chi connectivity index (χ3v) is 5.29. The molecule has 0 aromatic heterocycles. The molecule has 0 rings (SSSR count). The molecule has 0 saturated heterocycles. The van der Waals surface area contributed by atoms with Crippen LogP contribution in [-0.4, -0.2) is 46.9 Å². The van der Waals surface area contributed by atoms with E-state index in [-0.39, 0.29) is 25.3 Å². The molecule has 1 unspecified atom stereocenters. The van der Waals surface area contributed by atoms with Crippen molar-refractivity contribution in [1.82, 2.24) is 0 Å². The lowest BCUT2D eigenvalue weighted by Gasteiger charge is -2.37. The number of halogens is 1. The summed E-state index contributed by atoms with van der Waals surface area (Å²) >= 11 is 5.48.